The Hall–Kier alpha value is -4.70. The fourth-order valence-corrected chi connectivity index (χ4v) is 4.64. The summed E-state index contributed by atoms with van der Waals surface area (Å²) in [6.45, 7) is 6.51. The third kappa shape index (κ3) is 4.69. The first-order valence-electron chi connectivity index (χ1n) is 12.6. The molecule has 0 aliphatic carbocycles. The Labute approximate surface area is 221 Å². The minimum absolute atomic E-state index is 0.00859. The van der Waals surface area contributed by atoms with Gasteiger partial charge in [0.05, 0.1) is 12.5 Å². The molecule has 2 heterocycles. The minimum atomic E-state index is -0.609. The Morgan fingerprint density at radius 1 is 1.08 bits per heavy atom. The van der Waals surface area contributed by atoms with Crippen molar-refractivity contribution in [1.29, 1.82) is 5.26 Å². The second-order valence-corrected chi connectivity index (χ2v) is 9.34. The fraction of sp³-hybridized carbons (Fsp3) is 0.226. The third-order valence-electron chi connectivity index (χ3n) is 6.64. The zero-order chi connectivity index (χ0) is 26.8. The molecule has 0 amide bonds. The van der Waals surface area contributed by atoms with Gasteiger partial charge in [0.2, 0.25) is 11.6 Å². The van der Waals surface area contributed by atoms with Crippen LogP contribution in [0.2, 0.25) is 0 Å². The Morgan fingerprint density at radius 2 is 1.92 bits per heavy atom. The molecule has 1 aliphatic rings. The largest absolute Gasteiger partial charge is 0.494 e. The summed E-state index contributed by atoms with van der Waals surface area (Å²) in [5, 5.41) is 10.7. The van der Waals surface area contributed by atoms with Crippen molar-refractivity contribution in [3.05, 3.63) is 100 Å². The molecular weight excluding hydrogens is 480 g/mol. The van der Waals surface area contributed by atoms with E-state index in [0.717, 1.165) is 40.7 Å². The van der Waals surface area contributed by atoms with Crippen LogP contribution in [0.15, 0.2) is 76.5 Å². The van der Waals surface area contributed by atoms with Crippen LogP contribution in [-0.4, -0.2) is 12.6 Å². The van der Waals surface area contributed by atoms with Gasteiger partial charge in [0.15, 0.2) is 0 Å². The fourth-order valence-electron chi connectivity index (χ4n) is 4.64. The van der Waals surface area contributed by atoms with E-state index in [1.54, 1.807) is 18.2 Å². The highest BCUT2D eigenvalue weighted by Crippen LogP contribution is 2.44. The number of carbonyl (C=O) groups excluding carboxylic acids is 1. The Balaban J connectivity index is 1.45. The number of furan rings is 1. The monoisotopic (exact) mass is 508 g/mol. The Morgan fingerprint density at radius 3 is 2.71 bits per heavy atom. The van der Waals surface area contributed by atoms with E-state index >= 15 is 0 Å². The number of hydrogen-bond acceptors (Lipinski definition) is 7. The predicted octanol–water partition coefficient (Wildman–Crippen LogP) is 6.67. The van der Waals surface area contributed by atoms with E-state index in [9.17, 15) is 10.1 Å². The van der Waals surface area contributed by atoms with Gasteiger partial charge >= 0.3 is 5.97 Å². The predicted molar refractivity (Wildman–Crippen MR) is 143 cm³/mol. The van der Waals surface area contributed by atoms with Crippen LogP contribution in [0, 0.1) is 25.2 Å². The molecule has 3 aromatic carbocycles. The van der Waals surface area contributed by atoms with Gasteiger partial charge in [-0.1, -0.05) is 43.7 Å². The second-order valence-electron chi connectivity index (χ2n) is 9.34. The lowest BCUT2D eigenvalue weighted by Gasteiger charge is -2.27. The first-order chi connectivity index (χ1) is 18.4. The molecule has 1 aromatic heterocycles. The number of allylic oxidation sites excluding steroid dienone is 1. The summed E-state index contributed by atoms with van der Waals surface area (Å²) in [7, 11) is 0. The molecule has 0 saturated heterocycles. The van der Waals surface area contributed by atoms with Gasteiger partial charge in [-0.15, -0.1) is 0 Å². The lowest BCUT2D eigenvalue weighted by molar-refractivity contribution is 0.0702. The van der Waals surface area contributed by atoms with E-state index in [4.69, 9.17) is 24.4 Å². The van der Waals surface area contributed by atoms with Gasteiger partial charge in [0, 0.05) is 22.6 Å². The van der Waals surface area contributed by atoms with Crippen LogP contribution in [0.1, 0.15) is 58.5 Å². The molecule has 7 heteroatoms. The van der Waals surface area contributed by atoms with Gasteiger partial charge in [0.1, 0.15) is 34.5 Å². The van der Waals surface area contributed by atoms with Crippen LogP contribution in [0.3, 0.4) is 0 Å². The zero-order valence-corrected chi connectivity index (χ0v) is 21.5. The second kappa shape index (κ2) is 10.3. The van der Waals surface area contributed by atoms with Gasteiger partial charge in [-0.25, -0.2) is 4.79 Å². The van der Waals surface area contributed by atoms with Crippen molar-refractivity contribution in [3.8, 4) is 23.3 Å². The van der Waals surface area contributed by atoms with E-state index < -0.39 is 11.9 Å². The van der Waals surface area contributed by atoms with Gasteiger partial charge in [-0.3, -0.25) is 0 Å². The summed E-state index contributed by atoms with van der Waals surface area (Å²) in [5.74, 6) is 0.495. The molecule has 7 nitrogen and oxygen atoms in total. The SMILES string of the molecule is CCCCOc1cccc(C2C(C#N)=C(N)Oc3cc(OC(=O)c4oc5cc(C)ccc5c4C)ccc32)c1. The number of carbonyl (C=O) groups is 1. The molecule has 1 unspecified atom stereocenters. The highest BCUT2D eigenvalue weighted by atomic mass is 16.5. The maximum atomic E-state index is 13.0. The molecule has 1 atom stereocenters. The van der Waals surface area contributed by atoms with Gasteiger partial charge in [0.25, 0.3) is 0 Å². The van der Waals surface area contributed by atoms with Crippen molar-refractivity contribution < 1.29 is 23.4 Å². The quantitative estimate of drug-likeness (QED) is 0.169. The van der Waals surface area contributed by atoms with Crippen molar-refractivity contribution in [2.75, 3.05) is 6.61 Å². The summed E-state index contributed by atoms with van der Waals surface area (Å²) in [5.41, 5.74) is 10.4. The number of nitrogens with two attached hydrogens (primary N) is 1. The van der Waals surface area contributed by atoms with Crippen LogP contribution in [0.4, 0.5) is 0 Å². The lowest BCUT2D eigenvalue weighted by Crippen LogP contribution is -2.21. The van der Waals surface area contributed by atoms with Crippen LogP contribution >= 0.6 is 0 Å². The van der Waals surface area contributed by atoms with E-state index in [0.29, 0.717) is 29.1 Å². The van der Waals surface area contributed by atoms with E-state index in [1.807, 2.05) is 56.3 Å². The summed E-state index contributed by atoms with van der Waals surface area (Å²) in [6.07, 6.45) is 1.99. The highest BCUT2D eigenvalue weighted by molar-refractivity contribution is 5.97. The topological polar surface area (TPSA) is 108 Å². The standard InChI is InChI=1S/C31H28N2O5/c1-4-5-13-35-21-8-6-7-20(15-21)28-24-12-10-22(16-27(24)38-30(33)25(28)17-32)36-31(34)29-19(3)23-11-9-18(2)14-26(23)37-29/h6-12,14-16,28H,4-5,13,33H2,1-3H3. The van der Waals surface area contributed by atoms with Gasteiger partial charge in [-0.05, 0) is 55.7 Å². The average Bonchev–Trinajstić information content (AvgIpc) is 3.23. The van der Waals surface area contributed by atoms with Crippen LogP contribution < -0.4 is 19.9 Å². The van der Waals surface area contributed by atoms with E-state index in [-0.39, 0.29) is 17.4 Å². The maximum absolute atomic E-state index is 13.0. The summed E-state index contributed by atoms with van der Waals surface area (Å²) >= 11 is 0. The molecule has 0 saturated carbocycles. The number of ether oxygens (including phenoxy) is 3. The van der Waals surface area contributed by atoms with Crippen LogP contribution in [0.25, 0.3) is 11.0 Å². The van der Waals surface area contributed by atoms with Crippen molar-refractivity contribution in [2.45, 2.75) is 39.5 Å². The van der Waals surface area contributed by atoms with Crippen molar-refractivity contribution in [2.24, 2.45) is 5.73 Å². The molecule has 0 spiro atoms. The summed E-state index contributed by atoms with van der Waals surface area (Å²) in [4.78, 5) is 13.0. The molecule has 192 valence electrons. The molecule has 2 N–H and O–H groups in total. The highest BCUT2D eigenvalue weighted by Gasteiger charge is 2.31. The Kier molecular flexibility index (Phi) is 6.80. The molecule has 5 rings (SSSR count). The van der Waals surface area contributed by atoms with Crippen molar-refractivity contribution in [1.82, 2.24) is 0 Å². The van der Waals surface area contributed by atoms with Crippen LogP contribution in [0.5, 0.6) is 17.2 Å². The molecular formula is C31H28N2O5. The number of unbranched alkanes of at least 4 members (excludes halogenated alkanes) is 1. The Bertz CT molecular complexity index is 1610. The normalized spacial score (nSPS) is 14.5. The van der Waals surface area contributed by atoms with Crippen molar-refractivity contribution >= 4 is 16.9 Å². The molecule has 0 radical (unpaired) electrons. The van der Waals surface area contributed by atoms with E-state index in [2.05, 4.69) is 13.0 Å². The van der Waals surface area contributed by atoms with E-state index in [1.165, 1.54) is 0 Å². The lowest BCUT2D eigenvalue weighted by atomic mass is 9.83. The number of esters is 1. The smallest absolute Gasteiger partial charge is 0.379 e. The molecule has 0 bridgehead atoms. The number of benzene rings is 3. The molecule has 0 fully saturated rings. The zero-order valence-electron chi connectivity index (χ0n) is 21.5. The number of rotatable bonds is 7. The first kappa shape index (κ1) is 25.0. The van der Waals surface area contributed by atoms with Crippen LogP contribution in [-0.2, 0) is 0 Å². The number of nitriles is 1. The van der Waals surface area contributed by atoms with Gasteiger partial charge < -0.3 is 24.4 Å². The number of aryl methyl sites for hydroxylation is 2. The minimum Gasteiger partial charge on any atom is -0.494 e. The molecule has 4 aromatic rings. The van der Waals surface area contributed by atoms with Crippen molar-refractivity contribution in [3.63, 3.8) is 0 Å². The first-order valence-corrected chi connectivity index (χ1v) is 12.6. The molecule has 38 heavy (non-hydrogen) atoms. The number of hydrogen-bond donors (Lipinski definition) is 1. The third-order valence-corrected chi connectivity index (χ3v) is 6.64. The number of nitrogens with zero attached hydrogens (tertiary/aromatic N) is 1. The summed E-state index contributed by atoms with van der Waals surface area (Å²) in [6, 6.07) is 20.7. The summed E-state index contributed by atoms with van der Waals surface area (Å²) < 4.78 is 23.1. The number of fused-ring (bicyclic) bond motifs is 2. The van der Waals surface area contributed by atoms with Gasteiger partial charge in [-0.2, -0.15) is 5.26 Å². The molecule has 1 aliphatic heterocycles. The maximum Gasteiger partial charge on any atom is 0.379 e. The average molecular weight is 509 g/mol.